The summed E-state index contributed by atoms with van der Waals surface area (Å²) >= 11 is 0. The van der Waals surface area contributed by atoms with Crippen LogP contribution in [0.3, 0.4) is 0 Å². The van der Waals surface area contributed by atoms with E-state index in [2.05, 4.69) is 15.3 Å². The van der Waals surface area contributed by atoms with Crippen molar-refractivity contribution in [1.29, 1.82) is 0 Å². The summed E-state index contributed by atoms with van der Waals surface area (Å²) in [6.07, 6.45) is 5.23. The lowest BCUT2D eigenvalue weighted by Gasteiger charge is -2.16. The van der Waals surface area contributed by atoms with Crippen molar-refractivity contribution >= 4 is 17.7 Å². The van der Waals surface area contributed by atoms with Crippen LogP contribution in [0.2, 0.25) is 0 Å². The maximum Gasteiger partial charge on any atom is 0.407 e. The predicted molar refractivity (Wildman–Crippen MR) is 99.6 cm³/mol. The summed E-state index contributed by atoms with van der Waals surface area (Å²) in [5.74, 6) is 0.592. The second kappa shape index (κ2) is 6.64. The summed E-state index contributed by atoms with van der Waals surface area (Å²) in [5, 5.41) is 11.8. The topological polar surface area (TPSA) is 103 Å². The fourth-order valence-electron chi connectivity index (χ4n) is 3.28. The van der Waals surface area contributed by atoms with Crippen LogP contribution in [0.1, 0.15) is 21.6 Å². The fraction of sp³-hybridized carbons (Fsp3) is 0.211. The summed E-state index contributed by atoms with van der Waals surface area (Å²) in [6, 6.07) is 7.13. The van der Waals surface area contributed by atoms with Gasteiger partial charge < -0.3 is 24.9 Å². The van der Waals surface area contributed by atoms with Crippen molar-refractivity contribution in [2.24, 2.45) is 0 Å². The molecule has 1 aliphatic rings. The Labute approximate surface area is 155 Å². The number of aryl methyl sites for hydroxylation is 2. The van der Waals surface area contributed by atoms with Crippen molar-refractivity contribution in [3.63, 3.8) is 0 Å². The molecule has 0 saturated heterocycles. The average Bonchev–Trinajstić information content (AvgIpc) is 3.29. The third-order valence-electron chi connectivity index (χ3n) is 4.71. The molecule has 1 aromatic carbocycles. The minimum Gasteiger partial charge on any atom is -0.465 e. The first-order chi connectivity index (χ1) is 13.0. The Bertz CT molecular complexity index is 1000. The molecule has 2 aromatic heterocycles. The molecule has 3 N–H and O–H groups in total. The first kappa shape index (κ1) is 16.9. The molecule has 3 aromatic rings. The Morgan fingerprint density at radius 2 is 2.11 bits per heavy atom. The lowest BCUT2D eigenvalue weighted by molar-refractivity contribution is 0.102. The molecule has 0 unspecified atom stereocenters. The molecule has 0 spiro atoms. The monoisotopic (exact) mass is 365 g/mol. The van der Waals surface area contributed by atoms with E-state index in [0.717, 1.165) is 35.6 Å². The quantitative estimate of drug-likeness (QED) is 0.661. The van der Waals surface area contributed by atoms with Gasteiger partial charge in [-0.2, -0.15) is 0 Å². The van der Waals surface area contributed by atoms with Gasteiger partial charge in [-0.05, 0) is 17.7 Å². The molecule has 0 saturated carbocycles. The number of carbonyl (C=O) groups excluding carboxylic acids is 1. The Hall–Kier alpha value is -3.55. The highest BCUT2D eigenvalue weighted by Crippen LogP contribution is 2.31. The Morgan fingerprint density at radius 1 is 1.33 bits per heavy atom. The number of aromatic nitrogens is 3. The molecule has 138 valence electrons. The predicted octanol–water partition coefficient (Wildman–Crippen LogP) is 2.80. The van der Waals surface area contributed by atoms with Crippen molar-refractivity contribution in [2.45, 2.75) is 19.5 Å². The number of rotatable bonds is 4. The van der Waals surface area contributed by atoms with Crippen molar-refractivity contribution in [1.82, 2.24) is 19.4 Å². The molecule has 2 amide bonds. The van der Waals surface area contributed by atoms with Crippen LogP contribution in [-0.2, 0) is 19.5 Å². The summed E-state index contributed by atoms with van der Waals surface area (Å²) in [4.78, 5) is 32.4. The molecule has 0 radical (unpaired) electrons. The number of H-pyrrole nitrogens is 1. The summed E-state index contributed by atoms with van der Waals surface area (Å²) < 4.78 is 2.04. The van der Waals surface area contributed by atoms with E-state index in [-0.39, 0.29) is 12.5 Å². The molecule has 27 heavy (non-hydrogen) atoms. The van der Waals surface area contributed by atoms with E-state index in [4.69, 9.17) is 5.11 Å². The van der Waals surface area contributed by atoms with Gasteiger partial charge >= 0.3 is 6.09 Å². The van der Waals surface area contributed by atoms with Gasteiger partial charge in [-0.15, -0.1) is 0 Å². The van der Waals surface area contributed by atoms with Crippen LogP contribution >= 0.6 is 0 Å². The molecule has 0 atom stereocenters. The van der Waals surface area contributed by atoms with Crippen molar-refractivity contribution < 1.29 is 14.7 Å². The number of nitrogens with zero attached hydrogens (tertiary/aromatic N) is 3. The smallest absolute Gasteiger partial charge is 0.407 e. The van der Waals surface area contributed by atoms with E-state index in [1.165, 1.54) is 11.9 Å². The number of nitrogens with one attached hydrogen (secondary N) is 2. The highest BCUT2D eigenvalue weighted by atomic mass is 16.4. The number of fused-ring (bicyclic) bond motifs is 3. The number of carbonyl (C=O) groups is 2. The third kappa shape index (κ3) is 3.17. The molecular formula is C19H19N5O3. The van der Waals surface area contributed by atoms with E-state index in [0.29, 0.717) is 11.3 Å². The zero-order valence-electron chi connectivity index (χ0n) is 14.8. The number of anilines is 1. The second-order valence-electron chi connectivity index (χ2n) is 6.54. The van der Waals surface area contributed by atoms with E-state index in [1.807, 2.05) is 10.8 Å². The zero-order chi connectivity index (χ0) is 19.0. The van der Waals surface area contributed by atoms with E-state index >= 15 is 0 Å². The van der Waals surface area contributed by atoms with Gasteiger partial charge in [-0.25, -0.2) is 9.78 Å². The van der Waals surface area contributed by atoms with E-state index < -0.39 is 6.09 Å². The van der Waals surface area contributed by atoms with Crippen LogP contribution < -0.4 is 5.32 Å². The summed E-state index contributed by atoms with van der Waals surface area (Å²) in [5.41, 5.74) is 3.93. The van der Waals surface area contributed by atoms with Crippen LogP contribution in [0.5, 0.6) is 0 Å². The van der Waals surface area contributed by atoms with Gasteiger partial charge in [0.25, 0.3) is 5.91 Å². The third-order valence-corrected chi connectivity index (χ3v) is 4.71. The maximum absolute atomic E-state index is 12.8. The van der Waals surface area contributed by atoms with Gasteiger partial charge in [0, 0.05) is 56.5 Å². The standard InChI is InChI=1S/C19H19N5O3/c1-23(19(26)27)11-12-2-4-13(5-3-12)22-18(25)14-10-21-15-6-8-24-9-7-20-17(24)16(14)15/h2-5,7,9-10,21H,6,8,11H2,1H3,(H,22,25)(H,26,27). The minimum absolute atomic E-state index is 0.209. The Balaban J connectivity index is 1.51. The highest BCUT2D eigenvalue weighted by molar-refractivity contribution is 6.08. The molecule has 4 rings (SSSR count). The zero-order valence-corrected chi connectivity index (χ0v) is 14.8. The van der Waals surface area contributed by atoms with E-state index in [1.54, 1.807) is 36.7 Å². The number of imidazole rings is 1. The molecule has 0 fully saturated rings. The van der Waals surface area contributed by atoms with Crippen LogP contribution in [0.25, 0.3) is 11.4 Å². The molecule has 8 heteroatoms. The van der Waals surface area contributed by atoms with Crippen LogP contribution in [0.15, 0.2) is 42.9 Å². The summed E-state index contributed by atoms with van der Waals surface area (Å²) in [7, 11) is 1.51. The van der Waals surface area contributed by atoms with Gasteiger partial charge in [0.05, 0.1) is 11.1 Å². The lowest BCUT2D eigenvalue weighted by atomic mass is 10.0. The maximum atomic E-state index is 12.8. The largest absolute Gasteiger partial charge is 0.465 e. The number of benzene rings is 1. The molecule has 0 aliphatic carbocycles. The number of amides is 2. The number of hydrogen-bond acceptors (Lipinski definition) is 3. The fourth-order valence-corrected chi connectivity index (χ4v) is 3.28. The SMILES string of the molecule is CN(Cc1ccc(NC(=O)c2c[nH]c3c2-c2nccn2CC3)cc1)C(=O)O. The number of carboxylic acid groups (broad SMARTS) is 1. The summed E-state index contributed by atoms with van der Waals surface area (Å²) in [6.45, 7) is 1.13. The van der Waals surface area contributed by atoms with Crippen LogP contribution in [0.4, 0.5) is 10.5 Å². The van der Waals surface area contributed by atoms with E-state index in [9.17, 15) is 9.59 Å². The molecule has 3 heterocycles. The molecule has 1 aliphatic heterocycles. The Kier molecular flexibility index (Phi) is 4.15. The average molecular weight is 365 g/mol. The second-order valence-corrected chi connectivity index (χ2v) is 6.54. The van der Waals surface area contributed by atoms with Gasteiger partial charge in [0.2, 0.25) is 0 Å². The minimum atomic E-state index is -0.983. The van der Waals surface area contributed by atoms with Gasteiger partial charge in [-0.3, -0.25) is 4.79 Å². The first-order valence-electron chi connectivity index (χ1n) is 8.59. The van der Waals surface area contributed by atoms with Crippen LogP contribution in [-0.4, -0.2) is 43.6 Å². The molecule has 8 nitrogen and oxygen atoms in total. The number of hydrogen-bond donors (Lipinski definition) is 3. The van der Waals surface area contributed by atoms with Crippen LogP contribution in [0, 0.1) is 0 Å². The van der Waals surface area contributed by atoms with Crippen molar-refractivity contribution in [3.8, 4) is 11.4 Å². The first-order valence-corrected chi connectivity index (χ1v) is 8.59. The molecular weight excluding hydrogens is 346 g/mol. The van der Waals surface area contributed by atoms with Gasteiger partial charge in [0.15, 0.2) is 0 Å². The lowest BCUT2D eigenvalue weighted by Crippen LogP contribution is -2.23. The molecule has 0 bridgehead atoms. The van der Waals surface area contributed by atoms with Crippen molar-refractivity contribution in [2.75, 3.05) is 12.4 Å². The van der Waals surface area contributed by atoms with Gasteiger partial charge in [0.1, 0.15) is 5.82 Å². The normalized spacial score (nSPS) is 12.2. The highest BCUT2D eigenvalue weighted by Gasteiger charge is 2.25. The number of aromatic amines is 1. The van der Waals surface area contributed by atoms with Crippen molar-refractivity contribution in [3.05, 3.63) is 59.7 Å². The Morgan fingerprint density at radius 3 is 2.85 bits per heavy atom. The van der Waals surface area contributed by atoms with Gasteiger partial charge in [-0.1, -0.05) is 12.1 Å².